The Morgan fingerprint density at radius 3 is 1.45 bits per heavy atom. The zero-order chi connectivity index (χ0) is 34.9. The lowest BCUT2D eigenvalue weighted by atomic mass is 10.0. The number of non-ortho nitro benzene ring substituents is 1. The van der Waals surface area contributed by atoms with Crippen molar-refractivity contribution in [1.82, 2.24) is 24.5 Å². The first-order chi connectivity index (χ1) is 22.2. The minimum atomic E-state index is -1.21. The van der Waals surface area contributed by atoms with Gasteiger partial charge in [0.25, 0.3) is 5.69 Å². The van der Waals surface area contributed by atoms with Crippen molar-refractivity contribution in [2.24, 2.45) is 0 Å². The van der Waals surface area contributed by atoms with Gasteiger partial charge >= 0.3 is 29.8 Å². The number of nitro groups is 1. The lowest BCUT2D eigenvalue weighted by Gasteiger charge is -2.38. The van der Waals surface area contributed by atoms with Gasteiger partial charge in [-0.1, -0.05) is 12.1 Å². The summed E-state index contributed by atoms with van der Waals surface area (Å²) < 4.78 is 0. The van der Waals surface area contributed by atoms with Gasteiger partial charge in [-0.05, 0) is 24.8 Å². The maximum atomic E-state index is 11.7. The zero-order valence-corrected chi connectivity index (χ0v) is 26.2. The van der Waals surface area contributed by atoms with E-state index in [1.807, 2.05) is 4.90 Å². The first kappa shape index (κ1) is 39.0. The van der Waals surface area contributed by atoms with Crippen molar-refractivity contribution in [3.63, 3.8) is 0 Å². The second-order valence-corrected chi connectivity index (χ2v) is 11.5. The smallest absolute Gasteiger partial charge is 0.317 e. The Morgan fingerprint density at radius 2 is 1.09 bits per heavy atom. The number of benzene rings is 1. The number of rotatable bonds is 18. The second-order valence-electron chi connectivity index (χ2n) is 11.5. The normalized spacial score (nSPS) is 17.0. The molecule has 1 aliphatic heterocycles. The number of hydrogen-bond acceptors (Lipinski definition) is 12. The van der Waals surface area contributed by atoms with Gasteiger partial charge in [0.2, 0.25) is 0 Å². The summed E-state index contributed by atoms with van der Waals surface area (Å²) >= 11 is 0. The molecule has 1 saturated heterocycles. The van der Waals surface area contributed by atoms with Crippen LogP contribution in [0.1, 0.15) is 18.4 Å². The Kier molecular flexibility index (Phi) is 16.7. The van der Waals surface area contributed by atoms with Gasteiger partial charge in [0.15, 0.2) is 0 Å². The monoisotopic (exact) mass is 668 g/mol. The predicted molar refractivity (Wildman–Crippen MR) is 165 cm³/mol. The summed E-state index contributed by atoms with van der Waals surface area (Å²) in [5.74, 6) is -5.64. The topological polar surface area (TPSA) is 246 Å². The molecule has 1 aliphatic rings. The summed E-state index contributed by atoms with van der Waals surface area (Å²) in [5.41, 5.74) is 0.786. The molecule has 0 saturated carbocycles. The van der Waals surface area contributed by atoms with E-state index >= 15 is 0 Å². The van der Waals surface area contributed by atoms with Gasteiger partial charge in [0.05, 0.1) is 37.6 Å². The van der Waals surface area contributed by atoms with Crippen LogP contribution in [0.2, 0.25) is 0 Å². The maximum absolute atomic E-state index is 11.7. The van der Waals surface area contributed by atoms with Crippen LogP contribution < -0.4 is 0 Å². The van der Waals surface area contributed by atoms with Gasteiger partial charge in [-0.2, -0.15) is 0 Å². The molecule has 18 heteroatoms. The number of aliphatic carboxylic acids is 5. The van der Waals surface area contributed by atoms with E-state index < -0.39 is 53.9 Å². The summed E-state index contributed by atoms with van der Waals surface area (Å²) in [7, 11) is 0. The van der Waals surface area contributed by atoms with E-state index in [9.17, 15) is 59.6 Å². The van der Waals surface area contributed by atoms with Crippen LogP contribution in [-0.2, 0) is 30.4 Å². The number of aryl methyl sites for hydroxylation is 1. The number of carbonyl (C=O) groups is 5. The summed E-state index contributed by atoms with van der Waals surface area (Å²) in [6.45, 7) is -0.000771. The lowest BCUT2D eigenvalue weighted by molar-refractivity contribution is -0.384. The fourth-order valence-corrected chi connectivity index (χ4v) is 5.55. The molecule has 1 unspecified atom stereocenters. The fraction of sp³-hybridized carbons (Fsp3) is 0.621. The van der Waals surface area contributed by atoms with Crippen molar-refractivity contribution in [3.05, 3.63) is 39.9 Å². The molecule has 0 amide bonds. The Hall–Kier alpha value is -4.23. The van der Waals surface area contributed by atoms with Crippen LogP contribution in [0.25, 0.3) is 0 Å². The molecule has 47 heavy (non-hydrogen) atoms. The van der Waals surface area contributed by atoms with E-state index in [4.69, 9.17) is 0 Å². The highest BCUT2D eigenvalue weighted by atomic mass is 16.6. The molecule has 18 nitrogen and oxygen atoms in total. The number of carboxylic acids is 5. The molecule has 0 aliphatic carbocycles. The molecule has 262 valence electrons. The lowest BCUT2D eigenvalue weighted by Crippen LogP contribution is -2.53. The zero-order valence-electron chi connectivity index (χ0n) is 26.2. The van der Waals surface area contributed by atoms with Gasteiger partial charge in [-0.3, -0.25) is 58.6 Å². The van der Waals surface area contributed by atoms with E-state index in [1.165, 1.54) is 17.0 Å². The van der Waals surface area contributed by atoms with Crippen LogP contribution in [0, 0.1) is 10.1 Å². The summed E-state index contributed by atoms with van der Waals surface area (Å²) in [6.07, 6.45) is 1.53. The average Bonchev–Trinajstić information content (AvgIpc) is 2.95. The maximum Gasteiger partial charge on any atom is 0.317 e. The second kappa shape index (κ2) is 20.1. The number of nitrogens with zero attached hydrogens (tertiary/aromatic N) is 6. The molecule has 1 fully saturated rings. The number of hydrogen-bond donors (Lipinski definition) is 5. The molecular formula is C29H44N6O12. The first-order valence-corrected chi connectivity index (χ1v) is 15.2. The molecule has 1 aromatic carbocycles. The number of nitro benzene ring substituents is 1. The fourth-order valence-electron chi connectivity index (χ4n) is 5.55. The van der Waals surface area contributed by atoms with E-state index in [1.54, 1.807) is 26.8 Å². The molecule has 0 radical (unpaired) electrons. The van der Waals surface area contributed by atoms with Crippen LogP contribution in [0.3, 0.4) is 0 Å². The minimum absolute atomic E-state index is 0.0448. The molecule has 1 heterocycles. The van der Waals surface area contributed by atoms with Crippen LogP contribution in [0.15, 0.2) is 24.3 Å². The van der Waals surface area contributed by atoms with Crippen LogP contribution in [-0.4, -0.2) is 182 Å². The van der Waals surface area contributed by atoms with E-state index in [0.717, 1.165) is 5.56 Å². The molecule has 0 spiro atoms. The highest BCUT2D eigenvalue weighted by Crippen LogP contribution is 2.17. The van der Waals surface area contributed by atoms with Crippen molar-refractivity contribution >= 4 is 35.5 Å². The highest BCUT2D eigenvalue weighted by molar-refractivity contribution is 5.72. The standard InChI is InChI=1S/C29H44N6O12/c36-25(37)17-30-8-10-31(18-26(38)39)12-14-34(15-13-32(11-9-30)19-27(40)41)24(16-33(20-28(42)43)21-29(44)45)3-1-2-22-4-6-23(7-5-22)35(46)47/h4-7,24H,1-3,8-21H2,(H,36,37)(H,38,39)(H,40,41)(H,42,43)(H,44,45). The van der Waals surface area contributed by atoms with Gasteiger partial charge in [0.1, 0.15) is 0 Å². The third-order valence-electron chi connectivity index (χ3n) is 7.80. The van der Waals surface area contributed by atoms with Crippen molar-refractivity contribution in [2.75, 3.05) is 91.6 Å². The van der Waals surface area contributed by atoms with Crippen molar-refractivity contribution in [3.8, 4) is 0 Å². The van der Waals surface area contributed by atoms with Crippen LogP contribution in [0.5, 0.6) is 0 Å². The quantitative estimate of drug-likeness (QED) is 0.0952. The van der Waals surface area contributed by atoms with Crippen molar-refractivity contribution < 1.29 is 54.4 Å². The van der Waals surface area contributed by atoms with Gasteiger partial charge < -0.3 is 25.5 Å². The largest absolute Gasteiger partial charge is 0.480 e. The Balaban J connectivity index is 2.38. The molecule has 1 aromatic rings. The van der Waals surface area contributed by atoms with Crippen molar-refractivity contribution in [1.29, 1.82) is 0 Å². The predicted octanol–water partition coefficient (Wildman–Crippen LogP) is -0.767. The van der Waals surface area contributed by atoms with Crippen LogP contribution in [0.4, 0.5) is 5.69 Å². The SMILES string of the molecule is O=C(O)CN1CCN(CC(=O)O)CCN(C(CCCc2ccc([N+](=O)[O-])cc2)CN(CC(=O)O)CC(=O)O)CCN(CC(=O)O)CC1. The van der Waals surface area contributed by atoms with Gasteiger partial charge in [-0.15, -0.1) is 0 Å². The number of carboxylic acid groups (broad SMARTS) is 5. The Morgan fingerprint density at radius 1 is 0.681 bits per heavy atom. The third kappa shape index (κ3) is 16.2. The molecule has 0 aromatic heterocycles. The first-order valence-electron chi connectivity index (χ1n) is 15.2. The molecule has 1 atom stereocenters. The average molecular weight is 669 g/mol. The highest BCUT2D eigenvalue weighted by Gasteiger charge is 2.27. The molecule has 5 N–H and O–H groups in total. The van der Waals surface area contributed by atoms with Gasteiger partial charge in [-0.25, -0.2) is 0 Å². The molecule has 0 bridgehead atoms. The summed E-state index contributed by atoms with van der Waals surface area (Å²) in [5, 5.41) is 58.4. The molecular weight excluding hydrogens is 624 g/mol. The third-order valence-corrected chi connectivity index (χ3v) is 7.80. The van der Waals surface area contributed by atoms with E-state index in [2.05, 4.69) is 0 Å². The minimum Gasteiger partial charge on any atom is -0.480 e. The van der Waals surface area contributed by atoms with Crippen molar-refractivity contribution in [2.45, 2.75) is 25.3 Å². The summed E-state index contributed by atoms with van der Waals surface area (Å²) in [6, 6.07) is 5.67. The van der Waals surface area contributed by atoms with E-state index in [0.29, 0.717) is 19.3 Å². The van der Waals surface area contributed by atoms with Crippen LogP contribution >= 0.6 is 0 Å². The molecule has 2 rings (SSSR count). The Bertz CT molecular complexity index is 1170. The van der Waals surface area contributed by atoms with Gasteiger partial charge in [0, 0.05) is 77.1 Å². The van der Waals surface area contributed by atoms with E-state index in [-0.39, 0.29) is 84.2 Å². The summed E-state index contributed by atoms with van der Waals surface area (Å²) in [4.78, 5) is 76.8. The Labute approximate surface area is 271 Å².